The van der Waals surface area contributed by atoms with E-state index in [1.807, 2.05) is 0 Å². The average molecular weight is 356 g/mol. The number of amides is 2. The topological polar surface area (TPSA) is 62.3 Å². The van der Waals surface area contributed by atoms with Crippen LogP contribution >= 0.6 is 34.5 Å². The molecule has 3 rings (SSSR count). The SMILES string of the molecule is O=C(Nc1nccs1)[C@@H]1CC(=O)N(c2cc(Cl)ccc2Cl)C1. The Morgan fingerprint density at radius 1 is 1.41 bits per heavy atom. The van der Waals surface area contributed by atoms with Crippen molar-refractivity contribution in [2.24, 2.45) is 5.92 Å². The molecule has 1 fully saturated rings. The van der Waals surface area contributed by atoms with Gasteiger partial charge in [-0.05, 0) is 18.2 Å². The molecule has 1 saturated heterocycles. The van der Waals surface area contributed by atoms with Crippen molar-refractivity contribution < 1.29 is 9.59 Å². The van der Waals surface area contributed by atoms with Crippen molar-refractivity contribution in [3.63, 3.8) is 0 Å². The lowest BCUT2D eigenvalue weighted by Gasteiger charge is -2.18. The van der Waals surface area contributed by atoms with Crippen LogP contribution in [0.15, 0.2) is 29.8 Å². The minimum atomic E-state index is -0.438. The Morgan fingerprint density at radius 3 is 2.95 bits per heavy atom. The number of hydrogen-bond acceptors (Lipinski definition) is 4. The van der Waals surface area contributed by atoms with Crippen LogP contribution < -0.4 is 10.2 Å². The highest BCUT2D eigenvalue weighted by molar-refractivity contribution is 7.13. The molecule has 0 unspecified atom stereocenters. The molecule has 5 nitrogen and oxygen atoms in total. The Morgan fingerprint density at radius 2 is 2.23 bits per heavy atom. The number of hydrogen-bond donors (Lipinski definition) is 1. The first-order valence-corrected chi connectivity index (χ1v) is 8.14. The fourth-order valence-electron chi connectivity index (χ4n) is 2.30. The number of rotatable bonds is 3. The lowest BCUT2D eigenvalue weighted by molar-refractivity contribution is -0.122. The Hall–Kier alpha value is -1.63. The number of aromatic nitrogens is 1. The van der Waals surface area contributed by atoms with Gasteiger partial charge in [-0.15, -0.1) is 11.3 Å². The molecule has 0 saturated carbocycles. The van der Waals surface area contributed by atoms with Gasteiger partial charge in [-0.25, -0.2) is 4.98 Å². The van der Waals surface area contributed by atoms with E-state index in [-0.39, 0.29) is 24.8 Å². The number of halogens is 2. The summed E-state index contributed by atoms with van der Waals surface area (Å²) in [6, 6.07) is 4.92. The van der Waals surface area contributed by atoms with Crippen LogP contribution in [-0.4, -0.2) is 23.3 Å². The predicted molar refractivity (Wildman–Crippen MR) is 87.7 cm³/mol. The normalized spacial score (nSPS) is 17.8. The lowest BCUT2D eigenvalue weighted by atomic mass is 10.1. The second-order valence-corrected chi connectivity index (χ2v) is 6.57. The minimum absolute atomic E-state index is 0.139. The Bertz CT molecular complexity index is 721. The summed E-state index contributed by atoms with van der Waals surface area (Å²) in [5.74, 6) is -0.807. The van der Waals surface area contributed by atoms with Crippen molar-refractivity contribution in [1.29, 1.82) is 0 Å². The van der Waals surface area contributed by atoms with Crippen LogP contribution in [0.5, 0.6) is 0 Å². The number of carbonyl (C=O) groups excluding carboxylic acids is 2. The first kappa shape index (κ1) is 15.3. The van der Waals surface area contributed by atoms with Gasteiger partial charge < -0.3 is 10.2 Å². The third-order valence-corrected chi connectivity index (χ3v) is 4.60. The Labute approximate surface area is 140 Å². The highest BCUT2D eigenvalue weighted by Crippen LogP contribution is 2.33. The van der Waals surface area contributed by atoms with E-state index in [1.165, 1.54) is 16.2 Å². The van der Waals surface area contributed by atoms with Crippen LogP contribution in [-0.2, 0) is 9.59 Å². The van der Waals surface area contributed by atoms with Gasteiger partial charge in [-0.1, -0.05) is 23.2 Å². The van der Waals surface area contributed by atoms with E-state index in [2.05, 4.69) is 10.3 Å². The Balaban J connectivity index is 1.75. The minimum Gasteiger partial charge on any atom is -0.310 e. The molecule has 1 aliphatic heterocycles. The summed E-state index contributed by atoms with van der Waals surface area (Å²) in [6.07, 6.45) is 1.75. The van der Waals surface area contributed by atoms with Gasteiger partial charge in [0.2, 0.25) is 11.8 Å². The first-order chi connectivity index (χ1) is 10.5. The van der Waals surface area contributed by atoms with Crippen LogP contribution in [0.2, 0.25) is 10.0 Å². The molecule has 0 spiro atoms. The van der Waals surface area contributed by atoms with Crippen LogP contribution in [0.25, 0.3) is 0 Å². The number of benzene rings is 1. The molecule has 0 bridgehead atoms. The molecule has 1 N–H and O–H groups in total. The van der Waals surface area contributed by atoms with Gasteiger partial charge in [-0.2, -0.15) is 0 Å². The number of thiazole rings is 1. The summed E-state index contributed by atoms with van der Waals surface area (Å²) < 4.78 is 0. The highest BCUT2D eigenvalue weighted by atomic mass is 35.5. The molecule has 1 atom stereocenters. The molecule has 1 aromatic carbocycles. The van der Waals surface area contributed by atoms with Crippen molar-refractivity contribution in [3.05, 3.63) is 39.8 Å². The van der Waals surface area contributed by atoms with Crippen molar-refractivity contribution >= 4 is 57.2 Å². The quantitative estimate of drug-likeness (QED) is 0.916. The average Bonchev–Trinajstić information content (AvgIpc) is 3.11. The largest absolute Gasteiger partial charge is 0.310 e. The number of anilines is 2. The molecule has 0 radical (unpaired) electrons. The van der Waals surface area contributed by atoms with Gasteiger partial charge in [0.25, 0.3) is 0 Å². The van der Waals surface area contributed by atoms with Gasteiger partial charge in [-0.3, -0.25) is 9.59 Å². The molecule has 2 heterocycles. The van der Waals surface area contributed by atoms with Crippen molar-refractivity contribution in [2.75, 3.05) is 16.8 Å². The van der Waals surface area contributed by atoms with E-state index in [9.17, 15) is 9.59 Å². The van der Waals surface area contributed by atoms with Gasteiger partial charge in [0.1, 0.15) is 0 Å². The molecular weight excluding hydrogens is 345 g/mol. The fraction of sp³-hybridized carbons (Fsp3) is 0.214. The van der Waals surface area contributed by atoms with Crippen molar-refractivity contribution in [1.82, 2.24) is 4.98 Å². The predicted octanol–water partition coefficient (Wildman–Crippen LogP) is 3.44. The van der Waals surface area contributed by atoms with E-state index in [0.717, 1.165) is 0 Å². The number of carbonyl (C=O) groups is 2. The summed E-state index contributed by atoms with van der Waals surface area (Å²) in [5, 5.41) is 5.93. The summed E-state index contributed by atoms with van der Waals surface area (Å²) >= 11 is 13.4. The van der Waals surface area contributed by atoms with Crippen LogP contribution in [0.3, 0.4) is 0 Å². The molecule has 8 heteroatoms. The van der Waals surface area contributed by atoms with E-state index >= 15 is 0 Å². The van der Waals surface area contributed by atoms with Gasteiger partial charge in [0.15, 0.2) is 5.13 Å². The molecule has 0 aliphatic carbocycles. The monoisotopic (exact) mass is 355 g/mol. The summed E-state index contributed by atoms with van der Waals surface area (Å²) in [5.41, 5.74) is 0.531. The third-order valence-electron chi connectivity index (χ3n) is 3.36. The van der Waals surface area contributed by atoms with E-state index in [1.54, 1.807) is 29.8 Å². The molecule has 22 heavy (non-hydrogen) atoms. The van der Waals surface area contributed by atoms with E-state index in [0.29, 0.717) is 20.9 Å². The third kappa shape index (κ3) is 3.09. The highest BCUT2D eigenvalue weighted by Gasteiger charge is 2.36. The zero-order valence-electron chi connectivity index (χ0n) is 11.3. The molecule has 1 aromatic heterocycles. The van der Waals surface area contributed by atoms with Gasteiger partial charge in [0, 0.05) is 29.6 Å². The van der Waals surface area contributed by atoms with Crippen molar-refractivity contribution in [3.8, 4) is 0 Å². The maximum atomic E-state index is 12.2. The van der Waals surface area contributed by atoms with Gasteiger partial charge >= 0.3 is 0 Å². The zero-order chi connectivity index (χ0) is 15.7. The van der Waals surface area contributed by atoms with Crippen LogP contribution in [0.1, 0.15) is 6.42 Å². The fourth-order valence-corrected chi connectivity index (χ4v) is 3.22. The zero-order valence-corrected chi connectivity index (χ0v) is 13.6. The summed E-state index contributed by atoms with van der Waals surface area (Å²) in [4.78, 5) is 29.9. The lowest BCUT2D eigenvalue weighted by Crippen LogP contribution is -2.28. The van der Waals surface area contributed by atoms with Gasteiger partial charge in [0.05, 0.1) is 16.6 Å². The van der Waals surface area contributed by atoms with E-state index in [4.69, 9.17) is 23.2 Å². The second kappa shape index (κ2) is 6.24. The van der Waals surface area contributed by atoms with Crippen molar-refractivity contribution in [2.45, 2.75) is 6.42 Å². The van der Waals surface area contributed by atoms with Crippen LogP contribution in [0, 0.1) is 5.92 Å². The summed E-state index contributed by atoms with van der Waals surface area (Å²) in [6.45, 7) is 0.274. The summed E-state index contributed by atoms with van der Waals surface area (Å²) in [7, 11) is 0. The maximum Gasteiger partial charge on any atom is 0.231 e. The number of nitrogens with one attached hydrogen (secondary N) is 1. The smallest absolute Gasteiger partial charge is 0.231 e. The standard InChI is InChI=1S/C14H11Cl2N3O2S/c15-9-1-2-10(16)11(6-9)19-7-8(5-12(19)20)13(21)18-14-17-3-4-22-14/h1-4,6,8H,5,7H2,(H,17,18,21)/t8-/m1/s1. The molecular formula is C14H11Cl2N3O2S. The second-order valence-electron chi connectivity index (χ2n) is 4.83. The molecule has 1 aliphatic rings. The Kier molecular flexibility index (Phi) is 4.33. The van der Waals surface area contributed by atoms with E-state index < -0.39 is 5.92 Å². The maximum absolute atomic E-state index is 12.2. The number of nitrogens with zero attached hydrogens (tertiary/aromatic N) is 2. The molecule has 2 aromatic rings. The molecule has 114 valence electrons. The first-order valence-electron chi connectivity index (χ1n) is 6.50. The van der Waals surface area contributed by atoms with Crippen LogP contribution in [0.4, 0.5) is 10.8 Å². The molecule has 2 amide bonds.